The molecule has 1 aromatic heterocycles. The monoisotopic (exact) mass is 372 g/mol. The molecule has 0 saturated heterocycles. The number of rotatable bonds is 5. The van der Waals surface area contributed by atoms with Crippen LogP contribution in [0.15, 0.2) is 30.6 Å². The number of amides is 3. The highest BCUT2D eigenvalue weighted by molar-refractivity contribution is 5.99. The fourth-order valence-electron chi connectivity index (χ4n) is 2.90. The van der Waals surface area contributed by atoms with Crippen LogP contribution in [0.1, 0.15) is 43.0 Å². The summed E-state index contributed by atoms with van der Waals surface area (Å²) in [5, 5.41) is 15.8. The van der Waals surface area contributed by atoms with Gasteiger partial charge in [-0.3, -0.25) is 10.1 Å². The summed E-state index contributed by atoms with van der Waals surface area (Å²) in [6.45, 7) is 1.40. The Morgan fingerprint density at radius 2 is 1.96 bits per heavy atom. The van der Waals surface area contributed by atoms with Crippen LogP contribution in [0.5, 0.6) is 0 Å². The van der Waals surface area contributed by atoms with Crippen molar-refractivity contribution in [3.63, 3.8) is 0 Å². The molecule has 0 spiro atoms. The molecule has 3 rings (SSSR count). The molecule has 1 atom stereocenters. The van der Waals surface area contributed by atoms with Gasteiger partial charge in [0.05, 0.1) is 11.3 Å². The fourth-order valence-corrected chi connectivity index (χ4v) is 2.90. The van der Waals surface area contributed by atoms with E-state index in [1.54, 1.807) is 18.2 Å². The lowest BCUT2D eigenvalue weighted by Crippen LogP contribution is -2.47. The molecular formula is C17H20N6O4. The minimum Gasteiger partial charge on any atom is -0.449 e. The van der Waals surface area contributed by atoms with E-state index in [1.165, 1.54) is 24.0 Å². The van der Waals surface area contributed by atoms with Gasteiger partial charge in [0, 0.05) is 6.04 Å². The van der Waals surface area contributed by atoms with Gasteiger partial charge in [-0.2, -0.15) is 4.68 Å². The number of hydrogen-bond donors (Lipinski definition) is 2. The summed E-state index contributed by atoms with van der Waals surface area (Å²) in [5.74, 6) is -1.42. The van der Waals surface area contributed by atoms with Crippen LogP contribution in [0.3, 0.4) is 0 Å². The third kappa shape index (κ3) is 4.66. The molecule has 1 saturated carbocycles. The number of nitrogens with zero attached hydrogens (tertiary/aromatic N) is 4. The Morgan fingerprint density at radius 3 is 2.67 bits per heavy atom. The van der Waals surface area contributed by atoms with Gasteiger partial charge in [0.2, 0.25) is 0 Å². The van der Waals surface area contributed by atoms with Crippen molar-refractivity contribution in [1.82, 2.24) is 30.8 Å². The number of urea groups is 1. The Labute approximate surface area is 155 Å². The molecule has 1 heterocycles. The minimum atomic E-state index is -1.14. The molecule has 0 radical (unpaired) electrons. The van der Waals surface area contributed by atoms with Crippen molar-refractivity contribution in [1.29, 1.82) is 0 Å². The molecule has 2 N–H and O–H groups in total. The van der Waals surface area contributed by atoms with Gasteiger partial charge in [-0.25, -0.2) is 9.59 Å². The van der Waals surface area contributed by atoms with Crippen LogP contribution >= 0.6 is 0 Å². The molecule has 2 aromatic rings. The Balaban J connectivity index is 1.59. The molecule has 0 unspecified atom stereocenters. The van der Waals surface area contributed by atoms with Gasteiger partial charge in [0.25, 0.3) is 5.91 Å². The summed E-state index contributed by atoms with van der Waals surface area (Å²) >= 11 is 0. The first kappa shape index (κ1) is 18.5. The van der Waals surface area contributed by atoms with Crippen LogP contribution in [-0.2, 0) is 9.53 Å². The van der Waals surface area contributed by atoms with Gasteiger partial charge in [0.1, 0.15) is 6.33 Å². The van der Waals surface area contributed by atoms with Crippen molar-refractivity contribution in [3.05, 3.63) is 36.2 Å². The highest BCUT2D eigenvalue weighted by atomic mass is 16.5. The summed E-state index contributed by atoms with van der Waals surface area (Å²) in [5.41, 5.74) is 0.610. The molecule has 27 heavy (non-hydrogen) atoms. The van der Waals surface area contributed by atoms with Crippen LogP contribution in [0.4, 0.5) is 4.79 Å². The van der Waals surface area contributed by atoms with Gasteiger partial charge in [0.15, 0.2) is 6.10 Å². The molecular weight excluding hydrogens is 352 g/mol. The number of carbonyl (C=O) groups is 3. The number of nitrogens with one attached hydrogen (secondary N) is 2. The highest BCUT2D eigenvalue weighted by Crippen LogP contribution is 2.17. The lowest BCUT2D eigenvalue weighted by atomic mass is 10.2. The summed E-state index contributed by atoms with van der Waals surface area (Å²) in [7, 11) is 0. The first-order valence-electron chi connectivity index (χ1n) is 8.69. The van der Waals surface area contributed by atoms with Crippen LogP contribution in [0, 0.1) is 0 Å². The first-order valence-corrected chi connectivity index (χ1v) is 8.69. The van der Waals surface area contributed by atoms with Gasteiger partial charge in [-0.05, 0) is 42.3 Å². The van der Waals surface area contributed by atoms with E-state index < -0.39 is 24.0 Å². The lowest BCUT2D eigenvalue weighted by molar-refractivity contribution is -0.127. The van der Waals surface area contributed by atoms with E-state index in [4.69, 9.17) is 4.74 Å². The van der Waals surface area contributed by atoms with E-state index in [2.05, 4.69) is 26.2 Å². The van der Waals surface area contributed by atoms with Crippen molar-refractivity contribution in [2.45, 2.75) is 44.8 Å². The predicted octanol–water partition coefficient (Wildman–Crippen LogP) is 0.976. The van der Waals surface area contributed by atoms with E-state index in [9.17, 15) is 14.4 Å². The third-order valence-corrected chi connectivity index (χ3v) is 4.30. The van der Waals surface area contributed by atoms with Crippen LogP contribution in [0.2, 0.25) is 0 Å². The topological polar surface area (TPSA) is 128 Å². The summed E-state index contributed by atoms with van der Waals surface area (Å²) in [4.78, 5) is 36.4. The third-order valence-electron chi connectivity index (χ3n) is 4.30. The van der Waals surface area contributed by atoms with Crippen molar-refractivity contribution in [3.8, 4) is 5.69 Å². The quantitative estimate of drug-likeness (QED) is 0.749. The van der Waals surface area contributed by atoms with Crippen molar-refractivity contribution >= 4 is 17.9 Å². The minimum absolute atomic E-state index is 0.0822. The number of para-hydroxylation sites is 1. The van der Waals surface area contributed by atoms with Crippen molar-refractivity contribution < 1.29 is 19.1 Å². The number of aromatic nitrogens is 4. The highest BCUT2D eigenvalue weighted by Gasteiger charge is 2.24. The van der Waals surface area contributed by atoms with Crippen LogP contribution in [-0.4, -0.2) is 50.3 Å². The second-order valence-electron chi connectivity index (χ2n) is 6.26. The zero-order valence-electron chi connectivity index (χ0n) is 14.8. The molecule has 3 amide bonds. The molecule has 142 valence electrons. The smallest absolute Gasteiger partial charge is 0.341 e. The molecule has 1 fully saturated rings. The molecule has 0 aliphatic heterocycles. The zero-order valence-corrected chi connectivity index (χ0v) is 14.8. The maximum atomic E-state index is 12.5. The second-order valence-corrected chi connectivity index (χ2v) is 6.26. The number of esters is 1. The zero-order chi connectivity index (χ0) is 19.2. The largest absolute Gasteiger partial charge is 0.449 e. The number of tetrazole rings is 1. The fraction of sp³-hybridized carbons (Fsp3) is 0.412. The molecule has 1 aliphatic rings. The van der Waals surface area contributed by atoms with Crippen LogP contribution in [0.25, 0.3) is 5.69 Å². The number of ether oxygens (including phenoxy) is 1. The standard InChI is InChI=1S/C17H20N6O4/c1-11(15(24)20-17(26)19-12-6-2-3-7-12)27-16(25)13-8-4-5-9-14(13)23-10-18-21-22-23/h4-5,8-12H,2-3,6-7H2,1H3,(H2,19,20,24,26)/t11-/m0/s1. The van der Waals surface area contributed by atoms with Gasteiger partial charge >= 0.3 is 12.0 Å². The predicted molar refractivity (Wildman–Crippen MR) is 93.0 cm³/mol. The average Bonchev–Trinajstić information content (AvgIpc) is 3.35. The number of imide groups is 1. The number of carbonyl (C=O) groups excluding carboxylic acids is 3. The lowest BCUT2D eigenvalue weighted by Gasteiger charge is -2.16. The summed E-state index contributed by atoms with van der Waals surface area (Å²) in [6, 6.07) is 6.06. The molecule has 1 aliphatic carbocycles. The van der Waals surface area contributed by atoms with Gasteiger partial charge < -0.3 is 10.1 Å². The first-order chi connectivity index (χ1) is 13.0. The van der Waals surface area contributed by atoms with E-state index in [-0.39, 0.29) is 11.6 Å². The van der Waals surface area contributed by atoms with Gasteiger partial charge in [-0.15, -0.1) is 5.10 Å². The SMILES string of the molecule is C[C@H](OC(=O)c1ccccc1-n1cnnn1)C(=O)NC(=O)NC1CCCC1. The molecule has 10 nitrogen and oxygen atoms in total. The Bertz CT molecular complexity index is 817. The van der Waals surface area contributed by atoms with E-state index >= 15 is 0 Å². The Morgan fingerprint density at radius 1 is 1.22 bits per heavy atom. The van der Waals surface area contributed by atoms with E-state index in [0.29, 0.717) is 5.69 Å². The van der Waals surface area contributed by atoms with Gasteiger partial charge in [-0.1, -0.05) is 25.0 Å². The Kier molecular flexibility index (Phi) is 5.74. The summed E-state index contributed by atoms with van der Waals surface area (Å²) < 4.78 is 6.51. The molecule has 1 aromatic carbocycles. The second kappa shape index (κ2) is 8.39. The Hall–Kier alpha value is -3.30. The van der Waals surface area contributed by atoms with E-state index in [0.717, 1.165) is 25.7 Å². The molecule has 10 heteroatoms. The normalized spacial score (nSPS) is 15.1. The van der Waals surface area contributed by atoms with Crippen LogP contribution < -0.4 is 10.6 Å². The molecule has 0 bridgehead atoms. The number of hydrogen-bond acceptors (Lipinski definition) is 7. The van der Waals surface area contributed by atoms with E-state index in [1.807, 2.05) is 0 Å². The maximum absolute atomic E-state index is 12.5. The van der Waals surface area contributed by atoms with Crippen molar-refractivity contribution in [2.75, 3.05) is 0 Å². The number of benzene rings is 1. The van der Waals surface area contributed by atoms with Crippen molar-refractivity contribution in [2.24, 2.45) is 0 Å². The summed E-state index contributed by atoms with van der Waals surface area (Å²) in [6.07, 6.45) is 4.13. The average molecular weight is 372 g/mol. The maximum Gasteiger partial charge on any atom is 0.341 e.